The van der Waals surface area contributed by atoms with Crippen molar-refractivity contribution < 1.29 is 4.43 Å². The molecule has 2 nitrogen and oxygen atoms in total. The minimum absolute atomic E-state index is 1.04. The van der Waals surface area contributed by atoms with E-state index in [9.17, 15) is 0 Å². The first-order valence-electron chi connectivity index (χ1n) is 5.41. The number of nitrogens with one attached hydrogen (secondary N) is 1. The van der Waals surface area contributed by atoms with Crippen molar-refractivity contribution in [3.8, 4) is 0 Å². The predicted molar refractivity (Wildman–Crippen MR) is 61.7 cm³/mol. The second-order valence-corrected chi connectivity index (χ2v) is 8.19. The van der Waals surface area contributed by atoms with Gasteiger partial charge in [-0.05, 0) is 39.2 Å². The molecule has 1 rings (SSSR count). The molecule has 0 aromatic heterocycles. The molecule has 1 aliphatic rings. The maximum atomic E-state index is 5.84. The van der Waals surface area contributed by atoms with Gasteiger partial charge in [-0.1, -0.05) is 19.8 Å². The van der Waals surface area contributed by atoms with Gasteiger partial charge in [-0.3, -0.25) is 0 Å². The second kappa shape index (κ2) is 7.53. The van der Waals surface area contributed by atoms with Gasteiger partial charge >= 0.3 is 0 Å². The van der Waals surface area contributed by atoms with Gasteiger partial charge in [0.25, 0.3) is 0 Å². The molecule has 1 heterocycles. The van der Waals surface area contributed by atoms with Crippen LogP contribution < -0.4 is 5.32 Å². The van der Waals surface area contributed by atoms with Gasteiger partial charge in [0.2, 0.25) is 0 Å². The molecule has 3 heteroatoms. The quantitative estimate of drug-likeness (QED) is 0.697. The van der Waals surface area contributed by atoms with E-state index in [-0.39, 0.29) is 0 Å². The van der Waals surface area contributed by atoms with E-state index in [1.807, 2.05) is 14.1 Å². The summed E-state index contributed by atoms with van der Waals surface area (Å²) in [6.07, 6.45) is 4.03. The van der Waals surface area contributed by atoms with Crippen molar-refractivity contribution in [2.24, 2.45) is 0 Å². The van der Waals surface area contributed by atoms with E-state index in [4.69, 9.17) is 4.43 Å². The summed E-state index contributed by atoms with van der Waals surface area (Å²) in [6, 6.07) is 2.77. The normalized spacial score (nSPS) is 27.7. The second-order valence-electron chi connectivity index (χ2n) is 4.01. The van der Waals surface area contributed by atoms with Crippen LogP contribution in [-0.4, -0.2) is 29.0 Å². The smallest absolute Gasteiger partial charge is 0.189 e. The highest BCUT2D eigenvalue weighted by molar-refractivity contribution is 6.72. The van der Waals surface area contributed by atoms with Crippen molar-refractivity contribution in [3.63, 3.8) is 0 Å². The first-order valence-corrected chi connectivity index (χ1v) is 8.23. The monoisotopic (exact) mass is 203 g/mol. The molecule has 1 aliphatic heterocycles. The molecule has 80 valence electrons. The summed E-state index contributed by atoms with van der Waals surface area (Å²) >= 11 is 0. The lowest BCUT2D eigenvalue weighted by Gasteiger charge is -2.31. The number of rotatable bonds is 2. The van der Waals surface area contributed by atoms with Gasteiger partial charge in [-0.25, -0.2) is 0 Å². The summed E-state index contributed by atoms with van der Waals surface area (Å²) in [6.45, 7) is 5.69. The van der Waals surface area contributed by atoms with E-state index in [0.29, 0.717) is 0 Å². The van der Waals surface area contributed by atoms with Crippen molar-refractivity contribution in [1.82, 2.24) is 5.32 Å². The van der Waals surface area contributed by atoms with E-state index >= 15 is 0 Å². The molecule has 1 saturated heterocycles. The predicted octanol–water partition coefficient (Wildman–Crippen LogP) is 2.62. The summed E-state index contributed by atoms with van der Waals surface area (Å²) in [7, 11) is 2.61. The Balaban J connectivity index is 0.000000424. The molecule has 1 fully saturated rings. The molecule has 1 unspecified atom stereocenters. The molecule has 0 aromatic carbocycles. The molecule has 0 aromatic rings. The molecule has 0 spiro atoms. The Morgan fingerprint density at radius 3 is 2.31 bits per heavy atom. The highest BCUT2D eigenvalue weighted by Crippen LogP contribution is 2.26. The Morgan fingerprint density at radius 2 is 1.92 bits per heavy atom. The van der Waals surface area contributed by atoms with Gasteiger partial charge in [0, 0.05) is 6.61 Å². The molecule has 0 saturated carbocycles. The lowest BCUT2D eigenvalue weighted by atomic mass is 10.4. The minimum Gasteiger partial charge on any atom is -0.417 e. The van der Waals surface area contributed by atoms with E-state index < -0.39 is 8.32 Å². The maximum Gasteiger partial charge on any atom is 0.189 e. The van der Waals surface area contributed by atoms with E-state index in [2.05, 4.69) is 18.8 Å². The third kappa shape index (κ3) is 6.24. The van der Waals surface area contributed by atoms with E-state index in [1.54, 1.807) is 0 Å². The van der Waals surface area contributed by atoms with Crippen LogP contribution in [0.3, 0.4) is 0 Å². The molecule has 0 radical (unpaired) electrons. The summed E-state index contributed by atoms with van der Waals surface area (Å²) in [5.74, 6) is 0. The summed E-state index contributed by atoms with van der Waals surface area (Å²) in [5.41, 5.74) is 0. The van der Waals surface area contributed by atoms with Gasteiger partial charge in [-0.15, -0.1) is 0 Å². The van der Waals surface area contributed by atoms with E-state index in [0.717, 1.165) is 6.61 Å². The largest absolute Gasteiger partial charge is 0.417 e. The SMILES string of the molecule is CCC[Si]1(C)CCCCO1.CNC. The Kier molecular flexibility index (Phi) is 7.61. The molecule has 13 heavy (non-hydrogen) atoms. The first kappa shape index (κ1) is 13.1. The van der Waals surface area contributed by atoms with Gasteiger partial charge in [0.15, 0.2) is 8.32 Å². The molecule has 1 N–H and O–H groups in total. The van der Waals surface area contributed by atoms with Crippen LogP contribution in [0.1, 0.15) is 26.2 Å². The Bertz CT molecular complexity index is 108. The fourth-order valence-electron chi connectivity index (χ4n) is 1.72. The Labute approximate surface area is 84.2 Å². The molecular weight excluding hydrogens is 178 g/mol. The first-order chi connectivity index (χ1) is 6.18. The van der Waals surface area contributed by atoms with Gasteiger partial charge in [-0.2, -0.15) is 0 Å². The Hall–Kier alpha value is 0.137. The van der Waals surface area contributed by atoms with Gasteiger partial charge in [0.05, 0.1) is 0 Å². The Morgan fingerprint density at radius 1 is 1.31 bits per heavy atom. The van der Waals surface area contributed by atoms with Crippen LogP contribution in [0.2, 0.25) is 18.6 Å². The van der Waals surface area contributed by atoms with Crippen LogP contribution in [-0.2, 0) is 4.43 Å². The van der Waals surface area contributed by atoms with Crippen LogP contribution in [0.25, 0.3) is 0 Å². The fraction of sp³-hybridized carbons (Fsp3) is 1.00. The van der Waals surface area contributed by atoms with Crippen molar-refractivity contribution in [1.29, 1.82) is 0 Å². The van der Waals surface area contributed by atoms with Crippen molar-refractivity contribution in [2.45, 2.75) is 44.8 Å². The van der Waals surface area contributed by atoms with Crippen LogP contribution in [0, 0.1) is 0 Å². The highest BCUT2D eigenvalue weighted by Gasteiger charge is 2.29. The molecule has 1 atom stereocenters. The lowest BCUT2D eigenvalue weighted by Crippen LogP contribution is -2.37. The number of hydrogen-bond donors (Lipinski definition) is 1. The number of hydrogen-bond acceptors (Lipinski definition) is 2. The summed E-state index contributed by atoms with van der Waals surface area (Å²) in [4.78, 5) is 0. The average Bonchev–Trinajstić information content (AvgIpc) is 2.06. The summed E-state index contributed by atoms with van der Waals surface area (Å²) < 4.78 is 5.84. The zero-order valence-corrected chi connectivity index (χ0v) is 10.7. The molecule has 0 bridgehead atoms. The van der Waals surface area contributed by atoms with Crippen LogP contribution in [0.5, 0.6) is 0 Å². The highest BCUT2D eigenvalue weighted by atomic mass is 28.4. The van der Waals surface area contributed by atoms with Gasteiger partial charge < -0.3 is 9.74 Å². The minimum atomic E-state index is -1.14. The molecule has 0 amide bonds. The van der Waals surface area contributed by atoms with Crippen LogP contribution >= 0.6 is 0 Å². The summed E-state index contributed by atoms with van der Waals surface area (Å²) in [5, 5.41) is 2.75. The van der Waals surface area contributed by atoms with Crippen molar-refractivity contribution >= 4 is 8.32 Å². The average molecular weight is 203 g/mol. The molecule has 0 aliphatic carbocycles. The maximum absolute atomic E-state index is 5.84. The molecular formula is C10H25NOSi. The van der Waals surface area contributed by atoms with E-state index in [1.165, 1.54) is 31.4 Å². The third-order valence-electron chi connectivity index (χ3n) is 2.33. The van der Waals surface area contributed by atoms with Gasteiger partial charge in [0.1, 0.15) is 0 Å². The zero-order valence-electron chi connectivity index (χ0n) is 9.65. The topological polar surface area (TPSA) is 21.3 Å². The van der Waals surface area contributed by atoms with Crippen LogP contribution in [0.15, 0.2) is 0 Å². The standard InChI is InChI=1S/C8H18OSi.C2H7N/c1-3-7-10(2)8-5-4-6-9-10;1-3-2/h3-8H2,1-2H3;3H,1-2H3. The lowest BCUT2D eigenvalue weighted by molar-refractivity contribution is 0.270. The fourth-order valence-corrected chi connectivity index (χ4v) is 4.95. The van der Waals surface area contributed by atoms with Crippen molar-refractivity contribution in [2.75, 3.05) is 20.7 Å². The third-order valence-corrected chi connectivity index (χ3v) is 6.20. The van der Waals surface area contributed by atoms with Crippen molar-refractivity contribution in [3.05, 3.63) is 0 Å². The zero-order chi connectivity index (χ0) is 10.2. The van der Waals surface area contributed by atoms with Crippen LogP contribution in [0.4, 0.5) is 0 Å².